The van der Waals surface area contributed by atoms with Gasteiger partial charge in [-0.15, -0.1) is 0 Å². The van der Waals surface area contributed by atoms with E-state index < -0.39 is 32.4 Å². The van der Waals surface area contributed by atoms with Crippen molar-refractivity contribution < 1.29 is 30.8 Å². The number of benzene rings is 2. The second-order valence-corrected chi connectivity index (χ2v) is 9.43. The molecule has 1 aromatic heterocycles. The third kappa shape index (κ3) is 4.51. The van der Waals surface area contributed by atoms with Crippen LogP contribution < -0.4 is 0 Å². The molecule has 0 radical (unpaired) electrons. The highest BCUT2D eigenvalue weighted by molar-refractivity contribution is 7.89. The second-order valence-electron chi connectivity index (χ2n) is 7.52. The van der Waals surface area contributed by atoms with Crippen LogP contribution in [-0.4, -0.2) is 54.7 Å². The molecule has 7 nitrogen and oxygen atoms in total. The van der Waals surface area contributed by atoms with Crippen molar-refractivity contribution in [3.05, 3.63) is 71.4 Å². The molecule has 0 N–H and O–H groups in total. The maximum atomic E-state index is 14.0. The zero-order chi connectivity index (χ0) is 23.8. The van der Waals surface area contributed by atoms with E-state index in [2.05, 4.69) is 4.98 Å². The maximum Gasteiger partial charge on any atom is 0.246 e. The van der Waals surface area contributed by atoms with E-state index in [1.165, 1.54) is 4.90 Å². The summed E-state index contributed by atoms with van der Waals surface area (Å²) in [6, 6.07) is 10.5. The first kappa shape index (κ1) is 23.0. The molecule has 1 fully saturated rings. The van der Waals surface area contributed by atoms with Crippen LogP contribution in [0.2, 0.25) is 0 Å². The molecule has 0 aliphatic carbocycles. The number of oxazole rings is 1. The zero-order valence-corrected chi connectivity index (χ0v) is 18.4. The van der Waals surface area contributed by atoms with Gasteiger partial charge in [0.25, 0.3) is 0 Å². The SMILES string of the molecule is Cc1oc(-c2ccccc2)nc1CC(=O)N1CCN(S(=O)(=O)c2ccc(F)c(F)c2F)CC1. The number of aryl methyl sites for hydroxylation is 1. The Morgan fingerprint density at radius 1 is 1.00 bits per heavy atom. The van der Waals surface area contributed by atoms with Gasteiger partial charge < -0.3 is 9.32 Å². The minimum atomic E-state index is -4.39. The van der Waals surface area contributed by atoms with Crippen LogP contribution in [0, 0.1) is 24.4 Å². The molecule has 0 bridgehead atoms. The molecule has 0 spiro atoms. The van der Waals surface area contributed by atoms with Gasteiger partial charge in [0, 0.05) is 31.7 Å². The van der Waals surface area contributed by atoms with E-state index in [-0.39, 0.29) is 38.5 Å². The van der Waals surface area contributed by atoms with Gasteiger partial charge in [0.05, 0.1) is 12.1 Å². The first-order valence-corrected chi connectivity index (χ1v) is 11.6. The zero-order valence-electron chi connectivity index (χ0n) is 17.6. The summed E-state index contributed by atoms with van der Waals surface area (Å²) >= 11 is 0. The molecule has 1 aliphatic heterocycles. The van der Waals surface area contributed by atoms with Gasteiger partial charge in [0.2, 0.25) is 21.8 Å². The summed E-state index contributed by atoms with van der Waals surface area (Å²) < 4.78 is 72.7. The fourth-order valence-corrected chi connectivity index (χ4v) is 5.05. The van der Waals surface area contributed by atoms with Gasteiger partial charge in [-0.05, 0) is 31.2 Å². The van der Waals surface area contributed by atoms with E-state index in [4.69, 9.17) is 4.42 Å². The number of hydrogen-bond acceptors (Lipinski definition) is 5. The van der Waals surface area contributed by atoms with E-state index in [0.29, 0.717) is 29.5 Å². The number of hydrogen-bond donors (Lipinski definition) is 0. The quantitative estimate of drug-likeness (QED) is 0.525. The Balaban J connectivity index is 1.42. The van der Waals surface area contributed by atoms with E-state index in [1.54, 1.807) is 6.92 Å². The highest BCUT2D eigenvalue weighted by Crippen LogP contribution is 2.25. The average molecular weight is 479 g/mol. The molecule has 0 atom stereocenters. The van der Waals surface area contributed by atoms with Gasteiger partial charge >= 0.3 is 0 Å². The smallest absolute Gasteiger partial charge is 0.246 e. The van der Waals surface area contributed by atoms with Crippen LogP contribution in [0.15, 0.2) is 51.8 Å². The van der Waals surface area contributed by atoms with Crippen molar-refractivity contribution in [3.8, 4) is 11.5 Å². The summed E-state index contributed by atoms with van der Waals surface area (Å²) in [6.07, 6.45) is -0.0211. The number of amides is 1. The topological polar surface area (TPSA) is 83.7 Å². The van der Waals surface area contributed by atoms with Crippen molar-refractivity contribution in [3.63, 3.8) is 0 Å². The van der Waals surface area contributed by atoms with Crippen molar-refractivity contribution in [1.29, 1.82) is 0 Å². The largest absolute Gasteiger partial charge is 0.441 e. The van der Waals surface area contributed by atoms with Crippen LogP contribution in [0.1, 0.15) is 11.5 Å². The van der Waals surface area contributed by atoms with Crippen molar-refractivity contribution in [2.24, 2.45) is 0 Å². The van der Waals surface area contributed by atoms with Gasteiger partial charge in [-0.1, -0.05) is 18.2 Å². The second kappa shape index (κ2) is 8.99. The molecular formula is C22H20F3N3O4S. The lowest BCUT2D eigenvalue weighted by molar-refractivity contribution is -0.131. The third-order valence-corrected chi connectivity index (χ3v) is 7.36. The summed E-state index contributed by atoms with van der Waals surface area (Å²) in [5.74, 6) is -4.42. The van der Waals surface area contributed by atoms with Gasteiger partial charge in [-0.3, -0.25) is 4.79 Å². The lowest BCUT2D eigenvalue weighted by Crippen LogP contribution is -2.51. The Hall–Kier alpha value is -3.18. The Morgan fingerprint density at radius 3 is 2.33 bits per heavy atom. The molecular weight excluding hydrogens is 459 g/mol. The average Bonchev–Trinajstić information content (AvgIpc) is 3.18. The molecule has 174 valence electrons. The molecule has 4 rings (SSSR count). The molecule has 3 aromatic rings. The monoisotopic (exact) mass is 479 g/mol. The van der Waals surface area contributed by atoms with Crippen molar-refractivity contribution >= 4 is 15.9 Å². The van der Waals surface area contributed by atoms with Gasteiger partial charge in [0.15, 0.2) is 17.5 Å². The Labute approximate surface area is 188 Å². The summed E-state index contributed by atoms with van der Waals surface area (Å²) in [7, 11) is -4.39. The number of rotatable bonds is 5. The van der Waals surface area contributed by atoms with Crippen LogP contribution in [-0.2, 0) is 21.2 Å². The van der Waals surface area contributed by atoms with Crippen LogP contribution in [0.3, 0.4) is 0 Å². The normalized spacial score (nSPS) is 15.1. The first-order valence-electron chi connectivity index (χ1n) is 10.1. The molecule has 1 saturated heterocycles. The van der Waals surface area contributed by atoms with Crippen LogP contribution in [0.4, 0.5) is 13.2 Å². The fraction of sp³-hybridized carbons (Fsp3) is 0.273. The molecule has 1 aliphatic rings. The molecule has 0 unspecified atom stereocenters. The Bertz CT molecular complexity index is 1290. The molecule has 1 amide bonds. The number of piperazine rings is 1. The Kier molecular flexibility index (Phi) is 6.26. The molecule has 2 heterocycles. The van der Waals surface area contributed by atoms with E-state index in [0.717, 1.165) is 9.87 Å². The molecule has 0 saturated carbocycles. The lowest BCUT2D eigenvalue weighted by atomic mass is 10.2. The van der Waals surface area contributed by atoms with Gasteiger partial charge in [-0.25, -0.2) is 26.6 Å². The summed E-state index contributed by atoms with van der Waals surface area (Å²) in [4.78, 5) is 17.7. The molecule has 11 heteroatoms. The van der Waals surface area contributed by atoms with E-state index >= 15 is 0 Å². The van der Waals surface area contributed by atoms with Gasteiger partial charge in [-0.2, -0.15) is 4.31 Å². The van der Waals surface area contributed by atoms with Crippen LogP contribution in [0.25, 0.3) is 11.5 Å². The minimum Gasteiger partial charge on any atom is -0.441 e. The van der Waals surface area contributed by atoms with Gasteiger partial charge in [0.1, 0.15) is 10.7 Å². The van der Waals surface area contributed by atoms with Crippen molar-refractivity contribution in [2.75, 3.05) is 26.2 Å². The minimum absolute atomic E-state index is 0.0211. The predicted molar refractivity (Wildman–Crippen MR) is 112 cm³/mol. The summed E-state index contributed by atoms with van der Waals surface area (Å²) in [6.45, 7) is 1.61. The lowest BCUT2D eigenvalue weighted by Gasteiger charge is -2.34. The standard InChI is InChI=1S/C22H20F3N3O4S/c1-14-17(26-22(32-14)15-5-3-2-4-6-15)13-19(29)27-9-11-28(12-10-27)33(30,31)18-8-7-16(23)20(24)21(18)25/h2-8H,9-13H2,1H3. The number of nitrogens with zero attached hydrogens (tertiary/aromatic N) is 3. The van der Waals surface area contributed by atoms with Crippen molar-refractivity contribution in [1.82, 2.24) is 14.2 Å². The van der Waals surface area contributed by atoms with Crippen LogP contribution >= 0.6 is 0 Å². The fourth-order valence-electron chi connectivity index (χ4n) is 3.58. The number of carbonyl (C=O) groups excluding carboxylic acids is 1. The predicted octanol–water partition coefficient (Wildman–Crippen LogP) is 3.14. The molecule has 2 aromatic carbocycles. The number of halogens is 3. The van der Waals surface area contributed by atoms with Crippen molar-refractivity contribution in [2.45, 2.75) is 18.2 Å². The highest BCUT2D eigenvalue weighted by Gasteiger charge is 2.33. The van der Waals surface area contributed by atoms with E-state index in [1.807, 2.05) is 30.3 Å². The summed E-state index contributed by atoms with van der Waals surface area (Å²) in [5, 5.41) is 0. The Morgan fingerprint density at radius 2 is 1.67 bits per heavy atom. The number of carbonyl (C=O) groups is 1. The third-order valence-electron chi connectivity index (χ3n) is 5.44. The van der Waals surface area contributed by atoms with Crippen LogP contribution in [0.5, 0.6) is 0 Å². The number of sulfonamides is 1. The highest BCUT2D eigenvalue weighted by atomic mass is 32.2. The first-order chi connectivity index (χ1) is 15.7. The summed E-state index contributed by atoms with van der Waals surface area (Å²) in [5.41, 5.74) is 1.26. The maximum absolute atomic E-state index is 14.0. The number of aromatic nitrogens is 1. The molecule has 33 heavy (non-hydrogen) atoms. The van der Waals surface area contributed by atoms with E-state index in [9.17, 15) is 26.4 Å².